The summed E-state index contributed by atoms with van der Waals surface area (Å²) in [5.74, 6) is 0.888. The number of ether oxygens (including phenoxy) is 1. The van der Waals surface area contributed by atoms with Crippen LogP contribution in [-0.4, -0.2) is 31.8 Å². The van der Waals surface area contributed by atoms with Crippen LogP contribution in [0.3, 0.4) is 0 Å². The van der Waals surface area contributed by atoms with Gasteiger partial charge in [-0.1, -0.05) is 59.1 Å². The number of aromatic nitrogens is 1. The first-order chi connectivity index (χ1) is 15.3. The second kappa shape index (κ2) is 11.1. The van der Waals surface area contributed by atoms with E-state index in [-0.39, 0.29) is 23.2 Å². The van der Waals surface area contributed by atoms with Crippen LogP contribution in [-0.2, 0) is 15.6 Å². The normalized spacial score (nSPS) is 19.7. The van der Waals surface area contributed by atoms with Crippen molar-refractivity contribution in [3.05, 3.63) is 34.7 Å². The number of methoxy groups -OCH3 is 1. The average Bonchev–Trinajstić information content (AvgIpc) is 3.27. The molecular weight excluding hydrogens is 448 g/mol. The van der Waals surface area contributed by atoms with Crippen LogP contribution >= 0.6 is 23.7 Å². The number of fused-ring (bicyclic) bond motifs is 1. The van der Waals surface area contributed by atoms with Gasteiger partial charge < -0.3 is 9.64 Å². The fraction of sp³-hybridized carbons (Fsp3) is 0.679. The van der Waals surface area contributed by atoms with Gasteiger partial charge in [-0.05, 0) is 66.0 Å². The van der Waals surface area contributed by atoms with Crippen molar-refractivity contribution >= 4 is 28.9 Å². The van der Waals surface area contributed by atoms with Crippen LogP contribution in [0.1, 0.15) is 90.2 Å². The molecule has 0 amide bonds. The van der Waals surface area contributed by atoms with E-state index >= 15 is 0 Å². The molecule has 0 N–H and O–H groups in total. The lowest BCUT2D eigenvalue weighted by Gasteiger charge is -2.42. The van der Waals surface area contributed by atoms with Crippen LogP contribution in [0.4, 0.5) is 5.13 Å². The fourth-order valence-corrected chi connectivity index (χ4v) is 6.45. The largest absolute Gasteiger partial charge is 0.385 e. The van der Waals surface area contributed by atoms with Gasteiger partial charge in [-0.15, -0.1) is 23.7 Å². The van der Waals surface area contributed by atoms with Gasteiger partial charge in [0.15, 0.2) is 5.13 Å². The molecular formula is C28H43ClN2OS. The van der Waals surface area contributed by atoms with Crippen LogP contribution in [0, 0.1) is 5.92 Å². The molecule has 0 bridgehead atoms. The van der Waals surface area contributed by atoms with Crippen molar-refractivity contribution < 1.29 is 4.74 Å². The minimum absolute atomic E-state index is 0. The van der Waals surface area contributed by atoms with Crippen molar-refractivity contribution in [1.29, 1.82) is 0 Å². The van der Waals surface area contributed by atoms with E-state index in [0.29, 0.717) is 0 Å². The molecule has 184 valence electrons. The van der Waals surface area contributed by atoms with Crippen molar-refractivity contribution in [2.45, 2.75) is 89.9 Å². The summed E-state index contributed by atoms with van der Waals surface area (Å²) in [4.78, 5) is 7.60. The van der Waals surface area contributed by atoms with Crippen molar-refractivity contribution in [3.63, 3.8) is 0 Å². The van der Waals surface area contributed by atoms with E-state index in [4.69, 9.17) is 9.72 Å². The maximum atomic E-state index is 5.16. The molecule has 2 aliphatic rings. The molecule has 1 aliphatic heterocycles. The highest BCUT2D eigenvalue weighted by Crippen LogP contribution is 2.47. The van der Waals surface area contributed by atoms with E-state index in [9.17, 15) is 0 Å². The number of hydrogen-bond donors (Lipinski definition) is 0. The van der Waals surface area contributed by atoms with Gasteiger partial charge in [-0.2, -0.15) is 0 Å². The van der Waals surface area contributed by atoms with E-state index in [0.717, 1.165) is 31.3 Å². The number of anilines is 1. The van der Waals surface area contributed by atoms with Crippen LogP contribution in [0.5, 0.6) is 0 Å². The molecule has 1 saturated heterocycles. The lowest BCUT2D eigenvalue weighted by atomic mass is 9.63. The molecule has 2 aromatic rings. The fourth-order valence-electron chi connectivity index (χ4n) is 5.56. The van der Waals surface area contributed by atoms with E-state index in [2.05, 4.69) is 56.2 Å². The molecule has 1 aromatic carbocycles. The van der Waals surface area contributed by atoms with Gasteiger partial charge >= 0.3 is 0 Å². The first kappa shape index (κ1) is 26.5. The first-order valence-electron chi connectivity index (χ1n) is 12.6. The first-order valence-corrected chi connectivity index (χ1v) is 13.5. The highest BCUT2D eigenvalue weighted by atomic mass is 35.5. The topological polar surface area (TPSA) is 25.4 Å². The van der Waals surface area contributed by atoms with E-state index in [1.165, 1.54) is 73.2 Å². The summed E-state index contributed by atoms with van der Waals surface area (Å²) in [5.41, 5.74) is 5.98. The summed E-state index contributed by atoms with van der Waals surface area (Å²) in [6.45, 7) is 12.8. The number of unbranched alkanes of at least 4 members (excludes halogenated alkanes) is 2. The Balaban J connectivity index is 0.00000306. The Kier molecular flexibility index (Phi) is 8.91. The summed E-state index contributed by atoms with van der Waals surface area (Å²) in [7, 11) is 1.80. The molecule has 33 heavy (non-hydrogen) atoms. The van der Waals surface area contributed by atoms with Crippen molar-refractivity contribution in [1.82, 2.24) is 4.98 Å². The van der Waals surface area contributed by atoms with Crippen LogP contribution < -0.4 is 4.90 Å². The summed E-state index contributed by atoms with van der Waals surface area (Å²) in [6, 6.07) is 7.12. The van der Waals surface area contributed by atoms with Gasteiger partial charge in [0.05, 0.1) is 5.69 Å². The zero-order valence-corrected chi connectivity index (χ0v) is 22.9. The monoisotopic (exact) mass is 490 g/mol. The smallest absolute Gasteiger partial charge is 0.185 e. The molecule has 0 unspecified atom stereocenters. The summed E-state index contributed by atoms with van der Waals surface area (Å²) < 4.78 is 5.16. The molecule has 0 spiro atoms. The number of halogens is 1. The third-order valence-electron chi connectivity index (χ3n) is 7.99. The minimum Gasteiger partial charge on any atom is -0.385 e. The van der Waals surface area contributed by atoms with Gasteiger partial charge in [-0.25, -0.2) is 4.98 Å². The third-order valence-corrected chi connectivity index (χ3v) is 8.89. The van der Waals surface area contributed by atoms with E-state index in [1.807, 2.05) is 11.3 Å². The molecule has 1 aliphatic carbocycles. The Morgan fingerprint density at radius 3 is 2.39 bits per heavy atom. The molecule has 3 nitrogen and oxygen atoms in total. The molecule has 0 radical (unpaired) electrons. The van der Waals surface area contributed by atoms with Crippen LogP contribution in [0.25, 0.3) is 11.3 Å². The highest BCUT2D eigenvalue weighted by molar-refractivity contribution is 7.14. The lowest BCUT2D eigenvalue weighted by molar-refractivity contribution is 0.191. The Bertz CT molecular complexity index is 899. The molecule has 1 fully saturated rings. The zero-order valence-electron chi connectivity index (χ0n) is 21.3. The van der Waals surface area contributed by atoms with E-state index < -0.39 is 0 Å². The Hall–Kier alpha value is -1.10. The van der Waals surface area contributed by atoms with E-state index in [1.54, 1.807) is 7.11 Å². The van der Waals surface area contributed by atoms with Gasteiger partial charge in [-0.3, -0.25) is 0 Å². The van der Waals surface area contributed by atoms with Crippen molar-refractivity contribution in [2.75, 3.05) is 31.7 Å². The second-order valence-corrected chi connectivity index (χ2v) is 12.2. The number of piperidine rings is 1. The summed E-state index contributed by atoms with van der Waals surface area (Å²) in [5, 5.41) is 3.47. The Labute approximate surface area is 211 Å². The van der Waals surface area contributed by atoms with Gasteiger partial charge in [0.1, 0.15) is 0 Å². The van der Waals surface area contributed by atoms with Gasteiger partial charge in [0.25, 0.3) is 0 Å². The maximum Gasteiger partial charge on any atom is 0.185 e. The number of rotatable bonds is 8. The van der Waals surface area contributed by atoms with Gasteiger partial charge in [0, 0.05) is 37.7 Å². The lowest BCUT2D eigenvalue weighted by Crippen LogP contribution is -2.33. The van der Waals surface area contributed by atoms with Crippen molar-refractivity contribution in [2.24, 2.45) is 5.92 Å². The second-order valence-electron chi connectivity index (χ2n) is 11.3. The molecule has 0 saturated carbocycles. The molecule has 5 heteroatoms. The van der Waals surface area contributed by atoms with Gasteiger partial charge in [0.2, 0.25) is 0 Å². The third kappa shape index (κ3) is 6.13. The van der Waals surface area contributed by atoms with Crippen LogP contribution in [0.15, 0.2) is 23.6 Å². The number of thiazole rings is 1. The Morgan fingerprint density at radius 1 is 1.00 bits per heavy atom. The Morgan fingerprint density at radius 2 is 1.70 bits per heavy atom. The number of nitrogens with zero attached hydrogens (tertiary/aromatic N) is 2. The summed E-state index contributed by atoms with van der Waals surface area (Å²) >= 11 is 1.82. The quantitative estimate of drug-likeness (QED) is 0.350. The molecule has 4 rings (SSSR count). The maximum absolute atomic E-state index is 5.16. The highest BCUT2D eigenvalue weighted by Gasteiger charge is 2.37. The summed E-state index contributed by atoms with van der Waals surface area (Å²) in [6.07, 6.45) is 10.4. The SMILES string of the molecule is COCCCCCC1CCN(c2nc(-c3ccc4c(c3)C(C)(C)CCC4(C)C)cs2)CC1.Cl. The molecule has 0 atom stereocenters. The standard InChI is InChI=1S/C28H42N2OS.ClH/c1-27(2)14-15-28(3,4)24-19-22(10-11-23(24)27)25-20-32-26(29-25)30-16-12-21(13-17-30)9-7-6-8-18-31-5;/h10-11,19-21H,6-9,12-18H2,1-5H3;1H. The van der Waals surface area contributed by atoms with Crippen molar-refractivity contribution in [3.8, 4) is 11.3 Å². The zero-order chi connectivity index (χ0) is 22.8. The minimum atomic E-state index is 0. The number of hydrogen-bond acceptors (Lipinski definition) is 4. The predicted octanol–water partition coefficient (Wildman–Crippen LogP) is 8.00. The molecule has 2 heterocycles. The average molecular weight is 491 g/mol. The number of benzene rings is 1. The molecule has 1 aromatic heterocycles. The van der Waals surface area contributed by atoms with Crippen LogP contribution in [0.2, 0.25) is 0 Å². The predicted molar refractivity (Wildman–Crippen MR) is 145 cm³/mol.